The molecule has 0 spiro atoms. The van der Waals surface area contributed by atoms with E-state index in [1.54, 1.807) is 13.8 Å². The molecular weight excluding hydrogens is 536 g/mol. The van der Waals surface area contributed by atoms with Crippen molar-refractivity contribution in [3.63, 3.8) is 0 Å². The van der Waals surface area contributed by atoms with Crippen molar-refractivity contribution in [1.29, 1.82) is 0 Å². The molecule has 0 saturated carbocycles. The van der Waals surface area contributed by atoms with E-state index < -0.39 is 34.9 Å². The van der Waals surface area contributed by atoms with E-state index in [1.165, 1.54) is 0 Å². The van der Waals surface area contributed by atoms with Crippen LogP contribution in [-0.4, -0.2) is 58.7 Å². The van der Waals surface area contributed by atoms with Crippen LogP contribution in [0.1, 0.15) is 44.7 Å². The summed E-state index contributed by atoms with van der Waals surface area (Å²) < 4.78 is 42.3. The number of hydrogen-bond acceptors (Lipinski definition) is 6. The maximum absolute atomic E-state index is 13.5. The van der Waals surface area contributed by atoms with Gasteiger partial charge in [0.05, 0.1) is 0 Å². The first-order chi connectivity index (χ1) is 13.2. The third-order valence-corrected chi connectivity index (χ3v) is 9.38. The van der Waals surface area contributed by atoms with Crippen LogP contribution in [0, 0.1) is 6.92 Å². The van der Waals surface area contributed by atoms with Gasteiger partial charge < -0.3 is 0 Å². The van der Waals surface area contributed by atoms with Gasteiger partial charge in [-0.2, -0.15) is 0 Å². The van der Waals surface area contributed by atoms with Crippen LogP contribution in [0.5, 0.6) is 0 Å². The van der Waals surface area contributed by atoms with Gasteiger partial charge in [-0.25, -0.2) is 0 Å². The van der Waals surface area contributed by atoms with Gasteiger partial charge in [-0.15, -0.1) is 0 Å². The predicted octanol–water partition coefficient (Wildman–Crippen LogP) is 5.55. The van der Waals surface area contributed by atoms with Crippen LogP contribution in [0.2, 0.25) is 0 Å². The molecule has 162 valence electrons. The van der Waals surface area contributed by atoms with Crippen molar-refractivity contribution in [2.24, 2.45) is 0 Å². The van der Waals surface area contributed by atoms with E-state index in [0.29, 0.717) is 5.56 Å². The predicted molar refractivity (Wildman–Crippen MR) is 114 cm³/mol. The molecule has 0 saturated heterocycles. The summed E-state index contributed by atoms with van der Waals surface area (Å²) in [5.74, 6) is -0.952. The van der Waals surface area contributed by atoms with Gasteiger partial charge in [-0.3, -0.25) is 0 Å². The van der Waals surface area contributed by atoms with Gasteiger partial charge in [-0.05, 0) is 0 Å². The topological polar surface area (TPSA) is 63.2 Å². The minimum absolute atomic E-state index is 0.212. The molecule has 0 radical (unpaired) electrons. The molecule has 3 unspecified atom stereocenters. The van der Waals surface area contributed by atoms with Crippen molar-refractivity contribution < 1.29 is 22.7 Å². The van der Waals surface area contributed by atoms with Crippen molar-refractivity contribution in [2.75, 3.05) is 26.4 Å². The van der Waals surface area contributed by atoms with E-state index >= 15 is 0 Å². The van der Waals surface area contributed by atoms with Crippen LogP contribution < -0.4 is 0 Å². The molecule has 0 aliphatic heterocycles. The average Bonchev–Trinajstić information content (AvgIpc) is 2.62. The molecule has 0 aromatic heterocycles. The zero-order valence-corrected chi connectivity index (χ0v) is 21.9. The Morgan fingerprint density at radius 3 is 1.82 bits per heavy atom. The van der Waals surface area contributed by atoms with E-state index in [9.17, 15) is 4.57 Å². The average molecular weight is 566 g/mol. The summed E-state index contributed by atoms with van der Waals surface area (Å²) in [6.45, 7) is 10.1. The summed E-state index contributed by atoms with van der Waals surface area (Å²) in [6, 6.07) is 7.52. The molecule has 6 nitrogen and oxygen atoms in total. The Morgan fingerprint density at radius 2 is 1.43 bits per heavy atom. The van der Waals surface area contributed by atoms with Crippen LogP contribution in [0.25, 0.3) is 0 Å². The SMILES string of the molecule is CCOP(=O)(OCC)C([O][Sb]([O]CC(C)Cl)[O]CC(C)Cl)c1ccc(C)cc1. The van der Waals surface area contributed by atoms with Gasteiger partial charge in [0.15, 0.2) is 0 Å². The quantitative estimate of drug-likeness (QED) is 0.167. The Hall–Kier alpha value is 0.648. The third kappa shape index (κ3) is 9.64. The second-order valence-corrected chi connectivity index (χ2v) is 13.0. The van der Waals surface area contributed by atoms with Crippen molar-refractivity contribution in [2.45, 2.75) is 51.2 Å². The van der Waals surface area contributed by atoms with E-state index in [1.807, 2.05) is 45.0 Å². The van der Waals surface area contributed by atoms with E-state index in [2.05, 4.69) is 0 Å². The first-order valence-corrected chi connectivity index (χ1v) is 14.8. The van der Waals surface area contributed by atoms with Crippen LogP contribution in [0.15, 0.2) is 24.3 Å². The number of halogens is 2. The molecule has 0 fully saturated rings. The number of rotatable bonds is 14. The van der Waals surface area contributed by atoms with E-state index in [0.717, 1.165) is 5.56 Å². The minimum atomic E-state index is -3.62. The van der Waals surface area contributed by atoms with Crippen LogP contribution in [0.3, 0.4) is 0 Å². The Morgan fingerprint density at radius 1 is 0.964 bits per heavy atom. The summed E-state index contributed by atoms with van der Waals surface area (Å²) in [5, 5.41) is -0.424. The molecule has 0 amide bonds. The van der Waals surface area contributed by atoms with Crippen LogP contribution in [-0.2, 0) is 22.7 Å². The molecule has 1 aromatic carbocycles. The summed E-state index contributed by atoms with van der Waals surface area (Å²) in [7, 11) is -3.62. The summed E-state index contributed by atoms with van der Waals surface area (Å²) >= 11 is 8.77. The van der Waals surface area contributed by atoms with Gasteiger partial charge in [0.25, 0.3) is 0 Å². The first-order valence-electron chi connectivity index (χ1n) is 9.18. The van der Waals surface area contributed by atoms with Gasteiger partial charge in [0, 0.05) is 0 Å². The van der Waals surface area contributed by atoms with Gasteiger partial charge in [0.2, 0.25) is 0 Å². The molecule has 1 aromatic rings. The van der Waals surface area contributed by atoms with Gasteiger partial charge in [-0.1, -0.05) is 0 Å². The second-order valence-electron chi connectivity index (χ2n) is 6.12. The zero-order valence-electron chi connectivity index (χ0n) is 17.0. The van der Waals surface area contributed by atoms with Crippen LogP contribution in [0.4, 0.5) is 0 Å². The molecule has 1 rings (SSSR count). The fourth-order valence-electron chi connectivity index (χ4n) is 2.07. The van der Waals surface area contributed by atoms with E-state index in [4.69, 9.17) is 41.3 Å². The number of aryl methyl sites for hydroxylation is 1. The first kappa shape index (κ1) is 26.7. The molecule has 0 bridgehead atoms. The Kier molecular flexibility index (Phi) is 13.2. The number of alkyl halides is 2. The van der Waals surface area contributed by atoms with Crippen LogP contribution >= 0.6 is 30.8 Å². The fraction of sp³-hybridized carbons (Fsp3) is 0.667. The summed E-state index contributed by atoms with van der Waals surface area (Å²) in [6.07, 6.45) is 0. The van der Waals surface area contributed by atoms with Gasteiger partial charge in [0.1, 0.15) is 0 Å². The molecule has 0 aliphatic carbocycles. The number of hydrogen-bond donors (Lipinski definition) is 0. The molecule has 10 heteroatoms. The Labute approximate surface area is 187 Å². The summed E-state index contributed by atoms with van der Waals surface area (Å²) in [4.78, 5) is 0. The third-order valence-electron chi connectivity index (χ3n) is 3.27. The van der Waals surface area contributed by atoms with Crippen molar-refractivity contribution in [3.8, 4) is 0 Å². The molecule has 0 N–H and O–H groups in total. The summed E-state index contributed by atoms with van der Waals surface area (Å²) in [5.41, 5.74) is 1.75. The molecule has 3 atom stereocenters. The second kappa shape index (κ2) is 13.9. The van der Waals surface area contributed by atoms with Crippen molar-refractivity contribution in [1.82, 2.24) is 0 Å². The fourth-order valence-corrected chi connectivity index (χ4v) is 9.29. The standard InChI is InChI=1S/C12H18O4P.2C3H6ClO.Sb/c1-4-15-17(14,16-5-2)12(13)11-8-6-10(3)7-9-11;2*1-3(4)2-5;/h6-9,12H,4-5H2,1-3H3;2*3H,2H2,1H3;/q3*-1;+3. The van der Waals surface area contributed by atoms with Gasteiger partial charge >= 0.3 is 188 Å². The Balaban J connectivity index is 3.18. The molecular formula is C18H30Cl2O6PSb. The van der Waals surface area contributed by atoms with Crippen molar-refractivity contribution >= 4 is 52.3 Å². The Bertz CT molecular complexity index is 580. The molecule has 0 aliphatic rings. The normalized spacial score (nSPS) is 15.6. The number of benzene rings is 1. The molecule has 0 heterocycles. The maximum atomic E-state index is 13.5. The monoisotopic (exact) mass is 564 g/mol. The molecule has 28 heavy (non-hydrogen) atoms. The van der Waals surface area contributed by atoms with E-state index in [-0.39, 0.29) is 37.2 Å². The van der Waals surface area contributed by atoms with Crippen molar-refractivity contribution in [3.05, 3.63) is 35.4 Å². The zero-order chi connectivity index (χ0) is 21.2.